The Kier molecular flexibility index (Phi) is 6.25. The van der Waals surface area contributed by atoms with E-state index in [4.69, 9.17) is 10.00 Å². The number of carbonyl (C=O) groups excluding carboxylic acids is 1. The van der Waals surface area contributed by atoms with Crippen molar-refractivity contribution in [3.05, 3.63) is 46.0 Å². The van der Waals surface area contributed by atoms with E-state index in [-0.39, 0.29) is 11.7 Å². The molecule has 0 radical (unpaired) electrons. The summed E-state index contributed by atoms with van der Waals surface area (Å²) in [5, 5.41) is 8.84. The zero-order valence-electron chi connectivity index (χ0n) is 15.3. The van der Waals surface area contributed by atoms with E-state index in [1.165, 1.54) is 0 Å². The van der Waals surface area contributed by atoms with Gasteiger partial charge in [0.05, 0.1) is 17.6 Å². The molecule has 3 nitrogen and oxygen atoms in total. The summed E-state index contributed by atoms with van der Waals surface area (Å²) in [4.78, 5) is 12.3. The molecule has 1 aromatic rings. The average molecular weight is 401 g/mol. The molecule has 0 N–H and O–H groups in total. The molecule has 27 heavy (non-hydrogen) atoms. The van der Waals surface area contributed by atoms with Gasteiger partial charge in [0.1, 0.15) is 6.61 Å². The normalized spacial score (nSPS) is 20.9. The molecule has 1 aliphatic rings. The molecule has 0 saturated heterocycles. The molecular formula is C19H19F4NO2S. The van der Waals surface area contributed by atoms with Gasteiger partial charge in [0.2, 0.25) is 0 Å². The van der Waals surface area contributed by atoms with Gasteiger partial charge in [-0.2, -0.15) is 17.0 Å². The first-order chi connectivity index (χ1) is 12.6. The van der Waals surface area contributed by atoms with Crippen molar-refractivity contribution in [2.24, 2.45) is 17.3 Å². The maximum atomic E-state index is 14.1. The maximum Gasteiger partial charge on any atom is 0.310 e. The van der Waals surface area contributed by atoms with Crippen molar-refractivity contribution in [1.82, 2.24) is 0 Å². The third-order valence-electron chi connectivity index (χ3n) is 4.86. The molecular weight excluding hydrogens is 382 g/mol. The monoisotopic (exact) mass is 401 g/mol. The highest BCUT2D eigenvalue weighted by Gasteiger charge is 2.61. The number of halogens is 4. The largest absolute Gasteiger partial charge is 0.460 e. The highest BCUT2D eigenvalue weighted by molar-refractivity contribution is 7.97. The lowest BCUT2D eigenvalue weighted by Crippen LogP contribution is -2.14. The van der Waals surface area contributed by atoms with Crippen LogP contribution in [0, 0.1) is 51.9 Å². The lowest BCUT2D eigenvalue weighted by Gasteiger charge is -2.12. The van der Waals surface area contributed by atoms with Crippen molar-refractivity contribution >= 4 is 17.7 Å². The molecule has 0 heterocycles. The van der Waals surface area contributed by atoms with Gasteiger partial charge in [-0.1, -0.05) is 19.9 Å². The van der Waals surface area contributed by atoms with Crippen LogP contribution in [0.2, 0.25) is 0 Å². The van der Waals surface area contributed by atoms with Crippen LogP contribution >= 0.6 is 11.8 Å². The van der Waals surface area contributed by atoms with Gasteiger partial charge < -0.3 is 4.74 Å². The van der Waals surface area contributed by atoms with E-state index in [0.717, 1.165) is 11.8 Å². The topological polar surface area (TPSA) is 50.1 Å². The van der Waals surface area contributed by atoms with E-state index in [2.05, 4.69) is 0 Å². The molecule has 2 atom stereocenters. The molecule has 0 unspecified atom stereocenters. The van der Waals surface area contributed by atoms with Gasteiger partial charge in [0.15, 0.2) is 23.3 Å². The molecule has 0 aliphatic heterocycles. The van der Waals surface area contributed by atoms with E-state index < -0.39 is 58.3 Å². The van der Waals surface area contributed by atoms with Crippen molar-refractivity contribution in [2.75, 3.05) is 6.26 Å². The Morgan fingerprint density at radius 3 is 2.19 bits per heavy atom. The number of carbonyl (C=O) groups is 1. The molecule has 1 saturated carbocycles. The third-order valence-corrected chi connectivity index (χ3v) is 5.44. The summed E-state index contributed by atoms with van der Waals surface area (Å²) in [5.74, 6) is -7.89. The molecule has 1 aromatic carbocycles. The standard InChI is InChI=1S/C19H19F4NO2S/c1-9(6-24)5-12-13(19(12,2)3)18(25)26-7-10-14(20)16(22)11(8-27-4)17(23)15(10)21/h5,12-13H,7-8H2,1-4H3/b9-5-/t12-,13+/m1/s1. The highest BCUT2D eigenvalue weighted by atomic mass is 32.2. The number of ether oxygens (including phenoxy) is 1. The van der Waals surface area contributed by atoms with Gasteiger partial charge in [-0.25, -0.2) is 17.6 Å². The number of hydrogen-bond donors (Lipinski definition) is 0. The van der Waals surface area contributed by atoms with E-state index in [1.54, 1.807) is 33.1 Å². The first kappa shape index (κ1) is 21.3. The molecule has 0 amide bonds. The number of nitrogens with zero attached hydrogens (tertiary/aromatic N) is 1. The summed E-state index contributed by atoms with van der Waals surface area (Å²) in [7, 11) is 0. The van der Waals surface area contributed by atoms with Crippen molar-refractivity contribution in [3.8, 4) is 6.07 Å². The molecule has 1 aliphatic carbocycles. The Labute approximate surface area is 159 Å². The summed E-state index contributed by atoms with van der Waals surface area (Å²) in [6.07, 6.45) is 3.18. The number of rotatable bonds is 6. The van der Waals surface area contributed by atoms with Crippen molar-refractivity contribution in [3.63, 3.8) is 0 Å². The fourth-order valence-electron chi connectivity index (χ4n) is 3.10. The van der Waals surface area contributed by atoms with Gasteiger partial charge in [0, 0.05) is 16.9 Å². The number of allylic oxidation sites excluding steroid dienone is 2. The van der Waals surface area contributed by atoms with Crippen LogP contribution in [0.1, 0.15) is 31.9 Å². The minimum absolute atomic E-state index is 0.228. The summed E-state index contributed by atoms with van der Waals surface area (Å²) in [5.41, 5.74) is -1.69. The Balaban J connectivity index is 2.18. The molecule has 0 aromatic heterocycles. The van der Waals surface area contributed by atoms with E-state index >= 15 is 0 Å². The second kappa shape index (κ2) is 7.93. The molecule has 1 fully saturated rings. The predicted octanol–water partition coefficient (Wildman–Crippen LogP) is 4.89. The van der Waals surface area contributed by atoms with E-state index in [0.29, 0.717) is 5.57 Å². The first-order valence-corrected chi connectivity index (χ1v) is 9.55. The summed E-state index contributed by atoms with van der Waals surface area (Å²) < 4.78 is 61.1. The van der Waals surface area contributed by atoms with Gasteiger partial charge in [-0.15, -0.1) is 0 Å². The van der Waals surface area contributed by atoms with Gasteiger partial charge in [0.25, 0.3) is 0 Å². The van der Waals surface area contributed by atoms with E-state index in [9.17, 15) is 22.4 Å². The Bertz CT molecular complexity index is 816. The second-order valence-electron chi connectivity index (χ2n) is 7.04. The lowest BCUT2D eigenvalue weighted by molar-refractivity contribution is -0.147. The van der Waals surface area contributed by atoms with Crippen LogP contribution in [0.25, 0.3) is 0 Å². The van der Waals surface area contributed by atoms with Gasteiger partial charge >= 0.3 is 5.97 Å². The van der Waals surface area contributed by atoms with Crippen molar-refractivity contribution in [2.45, 2.75) is 33.1 Å². The first-order valence-electron chi connectivity index (χ1n) is 8.15. The van der Waals surface area contributed by atoms with Crippen LogP contribution in [-0.4, -0.2) is 12.2 Å². The molecule has 8 heteroatoms. The van der Waals surface area contributed by atoms with Crippen LogP contribution in [0.5, 0.6) is 0 Å². The van der Waals surface area contributed by atoms with Gasteiger partial charge in [-0.05, 0) is 24.5 Å². The number of esters is 1. The molecule has 0 spiro atoms. The maximum absolute atomic E-state index is 14.1. The minimum Gasteiger partial charge on any atom is -0.460 e. The van der Waals surface area contributed by atoms with Crippen LogP contribution in [0.4, 0.5) is 17.6 Å². The number of hydrogen-bond acceptors (Lipinski definition) is 4. The SMILES string of the molecule is CSCc1c(F)c(F)c(COC(=O)[C@@H]2[C@@H](/C=C(/C)C#N)C2(C)C)c(F)c1F. The summed E-state index contributed by atoms with van der Waals surface area (Å²) in [6.45, 7) is 4.28. The lowest BCUT2D eigenvalue weighted by atomic mass is 10.1. The third kappa shape index (κ3) is 3.98. The van der Waals surface area contributed by atoms with Crippen LogP contribution in [-0.2, 0) is 21.9 Å². The van der Waals surface area contributed by atoms with Gasteiger partial charge in [-0.3, -0.25) is 4.79 Å². The average Bonchev–Trinajstić information content (AvgIpc) is 3.16. The quantitative estimate of drug-likeness (QED) is 0.295. The smallest absolute Gasteiger partial charge is 0.310 e. The fourth-order valence-corrected chi connectivity index (χ4v) is 3.64. The Morgan fingerprint density at radius 1 is 1.19 bits per heavy atom. The number of nitriles is 1. The summed E-state index contributed by atoms with van der Waals surface area (Å²) >= 11 is 1.02. The zero-order valence-corrected chi connectivity index (χ0v) is 16.1. The molecule has 0 bridgehead atoms. The number of benzene rings is 1. The molecule has 146 valence electrons. The van der Waals surface area contributed by atoms with Crippen LogP contribution in [0.15, 0.2) is 11.6 Å². The zero-order chi connectivity index (χ0) is 20.5. The fraction of sp³-hybridized carbons (Fsp3) is 0.474. The van der Waals surface area contributed by atoms with E-state index in [1.807, 2.05) is 6.07 Å². The second-order valence-corrected chi connectivity index (χ2v) is 7.91. The summed E-state index contributed by atoms with van der Waals surface area (Å²) in [6, 6.07) is 1.96. The van der Waals surface area contributed by atoms with Crippen molar-refractivity contribution in [1.29, 1.82) is 5.26 Å². The highest BCUT2D eigenvalue weighted by Crippen LogP contribution is 2.59. The molecule has 2 rings (SSSR count). The predicted molar refractivity (Wildman–Crippen MR) is 93.4 cm³/mol. The van der Waals surface area contributed by atoms with Crippen molar-refractivity contribution < 1.29 is 27.1 Å². The Morgan fingerprint density at radius 2 is 1.70 bits per heavy atom. The minimum atomic E-state index is -1.56. The van der Waals surface area contributed by atoms with Crippen LogP contribution < -0.4 is 0 Å². The number of thioether (sulfide) groups is 1. The van der Waals surface area contributed by atoms with Crippen LogP contribution in [0.3, 0.4) is 0 Å². The Hall–Kier alpha value is -2.01.